The minimum absolute atomic E-state index is 0.0784. The number of aromatic amines is 1. The second-order valence-electron chi connectivity index (χ2n) is 3.52. The first kappa shape index (κ1) is 11.7. The Balaban J connectivity index is 2.00. The molecular weight excluding hydrogens is 290 g/mol. The Morgan fingerprint density at radius 3 is 2.75 bits per heavy atom. The quantitative estimate of drug-likeness (QED) is 0.910. The molecule has 86 valence electrons. The van der Waals surface area contributed by atoms with E-state index in [1.807, 2.05) is 6.92 Å². The lowest BCUT2D eigenvalue weighted by molar-refractivity contribution is 0.481. The van der Waals surface area contributed by atoms with Crippen molar-refractivity contribution < 1.29 is 0 Å². The van der Waals surface area contributed by atoms with E-state index in [1.54, 1.807) is 11.3 Å². The van der Waals surface area contributed by atoms with Crippen molar-refractivity contribution in [2.24, 2.45) is 0 Å². The highest BCUT2D eigenvalue weighted by molar-refractivity contribution is 9.11. The van der Waals surface area contributed by atoms with Gasteiger partial charge in [0, 0.05) is 10.9 Å². The van der Waals surface area contributed by atoms with Crippen LogP contribution in [0, 0.1) is 0 Å². The molecule has 2 rings (SSSR count). The number of hydrogen-bond donors (Lipinski definition) is 2. The van der Waals surface area contributed by atoms with E-state index in [0.29, 0.717) is 5.82 Å². The van der Waals surface area contributed by atoms with E-state index in [2.05, 4.69) is 60.9 Å². The Hall–Kier alpha value is -0.790. The predicted molar refractivity (Wildman–Crippen MR) is 66.2 cm³/mol. The first-order valence-corrected chi connectivity index (χ1v) is 6.52. The molecule has 0 radical (unpaired) electrons. The Labute approximate surface area is 106 Å². The fourth-order valence-electron chi connectivity index (χ4n) is 1.45. The summed E-state index contributed by atoms with van der Waals surface area (Å²) in [4.78, 5) is 1.28. The maximum absolute atomic E-state index is 3.95. The van der Waals surface area contributed by atoms with Gasteiger partial charge in [-0.15, -0.1) is 21.5 Å². The number of nitrogens with one attached hydrogen (secondary N) is 2. The molecule has 0 spiro atoms. The molecule has 0 aliphatic rings. The van der Waals surface area contributed by atoms with E-state index in [4.69, 9.17) is 0 Å². The third-order valence-electron chi connectivity index (χ3n) is 2.27. The average Bonchev–Trinajstić information content (AvgIpc) is 2.87. The fraction of sp³-hybridized carbons (Fsp3) is 0.444. The van der Waals surface area contributed by atoms with Crippen LogP contribution in [0.15, 0.2) is 15.9 Å². The summed E-state index contributed by atoms with van der Waals surface area (Å²) >= 11 is 5.18. The monoisotopic (exact) mass is 301 g/mol. The van der Waals surface area contributed by atoms with Gasteiger partial charge in [-0.3, -0.25) is 5.32 Å². The SMILES string of the molecule is CC(NC(C)c1ccc(Br)s1)c1nn[nH]n1. The van der Waals surface area contributed by atoms with Crippen LogP contribution < -0.4 is 5.32 Å². The summed E-state index contributed by atoms with van der Waals surface area (Å²) in [5.74, 6) is 0.683. The van der Waals surface area contributed by atoms with Crippen molar-refractivity contribution in [2.45, 2.75) is 25.9 Å². The topological polar surface area (TPSA) is 66.5 Å². The maximum atomic E-state index is 3.95. The number of nitrogens with zero attached hydrogens (tertiary/aromatic N) is 3. The standard InChI is InChI=1S/C9H12BrN5S/c1-5(7-3-4-8(10)16-7)11-6(2)9-12-14-15-13-9/h3-6,11H,1-2H3,(H,12,13,14,15). The summed E-state index contributed by atoms with van der Waals surface area (Å²) in [6, 6.07) is 4.51. The van der Waals surface area contributed by atoms with Crippen LogP contribution >= 0.6 is 27.3 Å². The van der Waals surface area contributed by atoms with Gasteiger partial charge in [0.25, 0.3) is 0 Å². The molecule has 2 heterocycles. The molecule has 7 heteroatoms. The highest BCUT2D eigenvalue weighted by atomic mass is 79.9. The maximum Gasteiger partial charge on any atom is 0.191 e. The number of H-pyrrole nitrogens is 1. The largest absolute Gasteiger partial charge is 0.300 e. The average molecular weight is 302 g/mol. The molecule has 0 saturated heterocycles. The zero-order valence-electron chi connectivity index (χ0n) is 8.94. The molecule has 0 amide bonds. The molecule has 0 saturated carbocycles. The summed E-state index contributed by atoms with van der Waals surface area (Å²) < 4.78 is 1.14. The minimum Gasteiger partial charge on any atom is -0.300 e. The third kappa shape index (κ3) is 2.66. The zero-order valence-corrected chi connectivity index (χ0v) is 11.3. The molecule has 5 nitrogen and oxygen atoms in total. The van der Waals surface area contributed by atoms with Crippen LogP contribution in [0.5, 0.6) is 0 Å². The fourth-order valence-corrected chi connectivity index (χ4v) is 2.88. The number of hydrogen-bond acceptors (Lipinski definition) is 5. The van der Waals surface area contributed by atoms with Crippen molar-refractivity contribution in [2.75, 3.05) is 0 Å². The highest BCUT2D eigenvalue weighted by Gasteiger charge is 2.15. The molecule has 2 aromatic rings. The molecular formula is C9H12BrN5S. The lowest BCUT2D eigenvalue weighted by atomic mass is 10.2. The molecule has 2 aromatic heterocycles. The smallest absolute Gasteiger partial charge is 0.191 e. The van der Waals surface area contributed by atoms with Crippen molar-refractivity contribution in [3.8, 4) is 0 Å². The second kappa shape index (κ2) is 5.03. The summed E-state index contributed by atoms with van der Waals surface area (Å²) in [5.41, 5.74) is 0. The Morgan fingerprint density at radius 2 is 2.19 bits per heavy atom. The number of aromatic nitrogens is 4. The van der Waals surface area contributed by atoms with Gasteiger partial charge in [0.15, 0.2) is 5.82 Å². The summed E-state index contributed by atoms with van der Waals surface area (Å²) in [5, 5.41) is 17.3. The lowest BCUT2D eigenvalue weighted by Gasteiger charge is -2.16. The van der Waals surface area contributed by atoms with Gasteiger partial charge in [-0.25, -0.2) is 0 Å². The zero-order chi connectivity index (χ0) is 11.5. The number of rotatable bonds is 4. The Morgan fingerprint density at radius 1 is 1.38 bits per heavy atom. The van der Waals surface area contributed by atoms with Crippen molar-refractivity contribution in [1.82, 2.24) is 25.9 Å². The van der Waals surface area contributed by atoms with Crippen LogP contribution in [0.3, 0.4) is 0 Å². The van der Waals surface area contributed by atoms with E-state index in [0.717, 1.165) is 3.79 Å². The first-order chi connectivity index (χ1) is 7.66. The Kier molecular flexibility index (Phi) is 3.67. The van der Waals surface area contributed by atoms with Gasteiger partial charge in [0.05, 0.1) is 9.83 Å². The molecule has 0 aliphatic carbocycles. The van der Waals surface area contributed by atoms with Crippen molar-refractivity contribution in [1.29, 1.82) is 0 Å². The van der Waals surface area contributed by atoms with Crippen LogP contribution in [-0.2, 0) is 0 Å². The van der Waals surface area contributed by atoms with E-state index >= 15 is 0 Å². The van der Waals surface area contributed by atoms with Crippen LogP contribution in [0.4, 0.5) is 0 Å². The Bertz CT molecular complexity index is 440. The normalized spacial score (nSPS) is 14.9. The van der Waals surface area contributed by atoms with Gasteiger partial charge in [-0.1, -0.05) is 5.21 Å². The van der Waals surface area contributed by atoms with E-state index < -0.39 is 0 Å². The summed E-state index contributed by atoms with van der Waals surface area (Å²) in [6.45, 7) is 4.14. The lowest BCUT2D eigenvalue weighted by Crippen LogP contribution is -2.22. The highest BCUT2D eigenvalue weighted by Crippen LogP contribution is 2.28. The second-order valence-corrected chi connectivity index (χ2v) is 6.02. The molecule has 16 heavy (non-hydrogen) atoms. The van der Waals surface area contributed by atoms with E-state index in [-0.39, 0.29) is 12.1 Å². The van der Waals surface area contributed by atoms with Crippen molar-refractivity contribution in [3.05, 3.63) is 26.6 Å². The van der Waals surface area contributed by atoms with E-state index in [9.17, 15) is 0 Å². The molecule has 2 atom stereocenters. The van der Waals surface area contributed by atoms with Gasteiger partial charge >= 0.3 is 0 Å². The number of thiophene rings is 1. The number of halogens is 1. The predicted octanol–water partition coefficient (Wildman–Crippen LogP) is 2.44. The molecule has 0 aromatic carbocycles. The first-order valence-electron chi connectivity index (χ1n) is 4.91. The number of tetrazole rings is 1. The van der Waals surface area contributed by atoms with Crippen molar-refractivity contribution >= 4 is 27.3 Å². The van der Waals surface area contributed by atoms with Crippen LogP contribution in [0.25, 0.3) is 0 Å². The van der Waals surface area contributed by atoms with Crippen molar-refractivity contribution in [3.63, 3.8) is 0 Å². The summed E-state index contributed by atoms with van der Waals surface area (Å²) in [6.07, 6.45) is 0. The molecule has 2 unspecified atom stereocenters. The van der Waals surface area contributed by atoms with Crippen LogP contribution in [-0.4, -0.2) is 20.6 Å². The third-order valence-corrected chi connectivity index (χ3v) is 4.08. The minimum atomic E-state index is 0.0784. The molecule has 0 fully saturated rings. The molecule has 2 N–H and O–H groups in total. The van der Waals surface area contributed by atoms with Gasteiger partial charge in [-0.05, 0) is 41.9 Å². The van der Waals surface area contributed by atoms with E-state index in [1.165, 1.54) is 4.88 Å². The van der Waals surface area contributed by atoms with Gasteiger partial charge in [0.2, 0.25) is 0 Å². The van der Waals surface area contributed by atoms with Gasteiger partial charge < -0.3 is 0 Å². The molecule has 0 bridgehead atoms. The van der Waals surface area contributed by atoms with Crippen LogP contribution in [0.2, 0.25) is 0 Å². The molecule has 0 aliphatic heterocycles. The van der Waals surface area contributed by atoms with Gasteiger partial charge in [0.1, 0.15) is 0 Å². The summed E-state index contributed by atoms with van der Waals surface area (Å²) in [7, 11) is 0. The van der Waals surface area contributed by atoms with Crippen LogP contribution in [0.1, 0.15) is 36.6 Å². The van der Waals surface area contributed by atoms with Gasteiger partial charge in [-0.2, -0.15) is 5.21 Å².